The second-order valence-corrected chi connectivity index (χ2v) is 3.86. The zero-order valence-electron chi connectivity index (χ0n) is 9.58. The van der Waals surface area contributed by atoms with E-state index in [1.807, 2.05) is 0 Å². The van der Waals surface area contributed by atoms with Crippen LogP contribution in [0.4, 0.5) is 4.39 Å². The van der Waals surface area contributed by atoms with Gasteiger partial charge in [0, 0.05) is 6.07 Å². The van der Waals surface area contributed by atoms with E-state index in [1.165, 1.54) is 12.1 Å². The molecule has 0 saturated carbocycles. The summed E-state index contributed by atoms with van der Waals surface area (Å²) in [4.78, 5) is 0. The van der Waals surface area contributed by atoms with Crippen LogP contribution in [0.5, 0.6) is 5.75 Å². The second-order valence-electron chi connectivity index (χ2n) is 3.86. The van der Waals surface area contributed by atoms with Gasteiger partial charge < -0.3 is 14.8 Å². The molecule has 18 heavy (non-hydrogen) atoms. The van der Waals surface area contributed by atoms with E-state index in [-0.39, 0.29) is 12.4 Å². The molecule has 0 aliphatic rings. The molecule has 0 aromatic heterocycles. The maximum absolute atomic E-state index is 12.9. The molecule has 0 atom stereocenters. The third kappa shape index (κ3) is 3.32. The van der Waals surface area contributed by atoms with Crippen LogP contribution < -0.4 is 10.2 Å². The largest absolute Gasteiger partial charge is 0.489 e. The van der Waals surface area contributed by atoms with Gasteiger partial charge in [0.1, 0.15) is 18.2 Å². The van der Waals surface area contributed by atoms with E-state index in [9.17, 15) is 4.39 Å². The summed E-state index contributed by atoms with van der Waals surface area (Å²) in [6.07, 6.45) is 0. The van der Waals surface area contributed by atoms with Crippen LogP contribution in [0.2, 0.25) is 0 Å². The highest BCUT2D eigenvalue weighted by Crippen LogP contribution is 2.13. The summed E-state index contributed by atoms with van der Waals surface area (Å²) < 4.78 is 18.3. The monoisotopic (exact) mass is 246 g/mol. The maximum Gasteiger partial charge on any atom is 0.488 e. The number of hydrogen-bond donors (Lipinski definition) is 2. The van der Waals surface area contributed by atoms with E-state index in [0.29, 0.717) is 11.2 Å². The molecule has 0 bridgehead atoms. The Morgan fingerprint density at radius 1 is 1.06 bits per heavy atom. The van der Waals surface area contributed by atoms with Gasteiger partial charge in [0.15, 0.2) is 0 Å². The number of halogens is 1. The van der Waals surface area contributed by atoms with Crippen molar-refractivity contribution in [3.8, 4) is 5.75 Å². The highest BCUT2D eigenvalue weighted by atomic mass is 19.1. The fourth-order valence-corrected chi connectivity index (χ4v) is 1.57. The van der Waals surface area contributed by atoms with Gasteiger partial charge in [0.05, 0.1) is 0 Å². The molecule has 0 heterocycles. The highest BCUT2D eigenvalue weighted by molar-refractivity contribution is 6.58. The molecule has 2 N–H and O–H groups in total. The lowest BCUT2D eigenvalue weighted by Crippen LogP contribution is -2.29. The number of ether oxygens (including phenoxy) is 1. The first-order valence-corrected chi connectivity index (χ1v) is 5.48. The summed E-state index contributed by atoms with van der Waals surface area (Å²) in [7, 11) is -1.50. The van der Waals surface area contributed by atoms with Gasteiger partial charge >= 0.3 is 7.12 Å². The van der Waals surface area contributed by atoms with E-state index in [4.69, 9.17) is 14.8 Å². The minimum absolute atomic E-state index is 0.240. The Bertz CT molecular complexity index is 531. The van der Waals surface area contributed by atoms with E-state index < -0.39 is 7.12 Å². The second kappa shape index (κ2) is 5.66. The molecule has 2 rings (SSSR count). The average Bonchev–Trinajstić information content (AvgIpc) is 2.37. The van der Waals surface area contributed by atoms with E-state index in [2.05, 4.69) is 0 Å². The lowest BCUT2D eigenvalue weighted by Gasteiger charge is -2.07. The molecule has 2 aromatic rings. The minimum Gasteiger partial charge on any atom is -0.489 e. The van der Waals surface area contributed by atoms with Crippen molar-refractivity contribution in [3.05, 3.63) is 59.9 Å². The first-order chi connectivity index (χ1) is 8.65. The van der Waals surface area contributed by atoms with E-state index in [1.54, 1.807) is 36.4 Å². The van der Waals surface area contributed by atoms with Gasteiger partial charge in [-0.1, -0.05) is 30.3 Å². The third-order valence-corrected chi connectivity index (χ3v) is 2.45. The fraction of sp³-hybridized carbons (Fsp3) is 0.0769. The van der Waals surface area contributed by atoms with Crippen molar-refractivity contribution in [2.75, 3.05) is 0 Å². The molecule has 0 saturated heterocycles. The molecule has 0 spiro atoms. The SMILES string of the molecule is OB(O)c1cccc(COc2cccc(F)c2)c1. The molecule has 0 unspecified atom stereocenters. The summed E-state index contributed by atoms with van der Waals surface area (Å²) in [5.41, 5.74) is 1.18. The van der Waals surface area contributed by atoms with Crippen molar-refractivity contribution < 1.29 is 19.2 Å². The third-order valence-electron chi connectivity index (χ3n) is 2.45. The zero-order chi connectivity index (χ0) is 13.0. The first kappa shape index (κ1) is 12.6. The molecular weight excluding hydrogens is 234 g/mol. The Balaban J connectivity index is 2.04. The van der Waals surface area contributed by atoms with Gasteiger partial charge in [0.2, 0.25) is 0 Å². The highest BCUT2D eigenvalue weighted by Gasteiger charge is 2.10. The summed E-state index contributed by atoms with van der Waals surface area (Å²) in [6.45, 7) is 0.240. The Hall–Kier alpha value is -1.85. The fourth-order valence-electron chi connectivity index (χ4n) is 1.57. The molecule has 0 amide bonds. The Kier molecular flexibility index (Phi) is 3.97. The van der Waals surface area contributed by atoms with Crippen molar-refractivity contribution in [1.29, 1.82) is 0 Å². The number of rotatable bonds is 4. The summed E-state index contributed by atoms with van der Waals surface area (Å²) in [6, 6.07) is 12.6. The van der Waals surface area contributed by atoms with Crippen LogP contribution in [-0.4, -0.2) is 17.2 Å². The van der Waals surface area contributed by atoms with Crippen LogP contribution in [0.15, 0.2) is 48.5 Å². The van der Waals surface area contributed by atoms with Crippen molar-refractivity contribution >= 4 is 12.6 Å². The molecule has 92 valence electrons. The minimum atomic E-state index is -1.50. The van der Waals surface area contributed by atoms with Crippen LogP contribution >= 0.6 is 0 Å². The molecular formula is C13H12BFO3. The van der Waals surface area contributed by atoms with Crippen LogP contribution in [0.3, 0.4) is 0 Å². The number of hydrogen-bond acceptors (Lipinski definition) is 3. The van der Waals surface area contributed by atoms with Crippen molar-refractivity contribution in [2.45, 2.75) is 6.61 Å². The number of benzene rings is 2. The summed E-state index contributed by atoms with van der Waals surface area (Å²) in [5.74, 6) is 0.0805. The van der Waals surface area contributed by atoms with Crippen molar-refractivity contribution in [3.63, 3.8) is 0 Å². The van der Waals surface area contributed by atoms with Crippen LogP contribution in [0.25, 0.3) is 0 Å². The topological polar surface area (TPSA) is 49.7 Å². The van der Waals surface area contributed by atoms with E-state index in [0.717, 1.165) is 5.56 Å². The van der Waals surface area contributed by atoms with Gasteiger partial charge in [-0.15, -0.1) is 0 Å². The summed E-state index contributed by atoms with van der Waals surface area (Å²) in [5, 5.41) is 18.1. The molecule has 0 fully saturated rings. The van der Waals surface area contributed by atoms with Crippen LogP contribution in [0, 0.1) is 5.82 Å². The molecule has 0 aliphatic carbocycles. The smallest absolute Gasteiger partial charge is 0.488 e. The molecule has 2 aromatic carbocycles. The predicted molar refractivity (Wildman–Crippen MR) is 67.0 cm³/mol. The van der Waals surface area contributed by atoms with Crippen LogP contribution in [0.1, 0.15) is 5.56 Å². The van der Waals surface area contributed by atoms with Gasteiger partial charge in [-0.05, 0) is 23.2 Å². The Morgan fingerprint density at radius 2 is 1.83 bits per heavy atom. The Morgan fingerprint density at radius 3 is 2.56 bits per heavy atom. The van der Waals surface area contributed by atoms with Crippen LogP contribution in [-0.2, 0) is 6.61 Å². The molecule has 3 nitrogen and oxygen atoms in total. The maximum atomic E-state index is 12.9. The van der Waals surface area contributed by atoms with Crippen molar-refractivity contribution in [2.24, 2.45) is 0 Å². The standard InChI is InChI=1S/C13H12BFO3/c15-12-5-2-6-13(8-12)18-9-10-3-1-4-11(7-10)14(16)17/h1-8,16-17H,9H2. The van der Waals surface area contributed by atoms with Gasteiger partial charge in [0.25, 0.3) is 0 Å². The van der Waals surface area contributed by atoms with Crippen molar-refractivity contribution in [1.82, 2.24) is 0 Å². The lowest BCUT2D eigenvalue weighted by molar-refractivity contribution is 0.304. The molecule has 0 aliphatic heterocycles. The Labute approximate surface area is 105 Å². The quantitative estimate of drug-likeness (QED) is 0.794. The average molecular weight is 246 g/mol. The predicted octanol–water partition coefficient (Wildman–Crippen LogP) is 1.08. The first-order valence-electron chi connectivity index (χ1n) is 5.48. The molecule has 0 radical (unpaired) electrons. The van der Waals surface area contributed by atoms with Gasteiger partial charge in [-0.3, -0.25) is 0 Å². The normalized spacial score (nSPS) is 10.2. The van der Waals surface area contributed by atoms with Gasteiger partial charge in [-0.25, -0.2) is 4.39 Å². The van der Waals surface area contributed by atoms with Gasteiger partial charge in [-0.2, -0.15) is 0 Å². The lowest BCUT2D eigenvalue weighted by atomic mass is 9.80. The van der Waals surface area contributed by atoms with E-state index >= 15 is 0 Å². The zero-order valence-corrected chi connectivity index (χ0v) is 9.58. The molecule has 5 heteroatoms. The summed E-state index contributed by atoms with van der Waals surface area (Å²) >= 11 is 0.